The highest BCUT2D eigenvalue weighted by Gasteiger charge is 2.10. The van der Waals surface area contributed by atoms with Crippen molar-refractivity contribution in [3.05, 3.63) is 42.2 Å². The van der Waals surface area contributed by atoms with Gasteiger partial charge < -0.3 is 10.6 Å². The third kappa shape index (κ3) is 3.06. The Balaban J connectivity index is 2.23. The van der Waals surface area contributed by atoms with Gasteiger partial charge in [-0.1, -0.05) is 12.1 Å². The zero-order valence-electron chi connectivity index (χ0n) is 11.0. The van der Waals surface area contributed by atoms with Crippen molar-refractivity contribution in [2.24, 2.45) is 5.73 Å². The van der Waals surface area contributed by atoms with E-state index in [1.54, 1.807) is 12.1 Å². The number of benzene rings is 1. The Morgan fingerprint density at radius 2 is 2.05 bits per heavy atom. The first-order chi connectivity index (χ1) is 9.11. The monoisotopic (exact) mass is 260 g/mol. The third-order valence-electron chi connectivity index (χ3n) is 3.13. The average molecular weight is 260 g/mol. The number of nitrogens with two attached hydrogens (primary N) is 1. The molecular weight excluding hydrogens is 243 g/mol. The lowest BCUT2D eigenvalue weighted by Crippen LogP contribution is -2.35. The molecule has 1 unspecified atom stereocenters. The topological polar surface area (TPSA) is 55.0 Å². The van der Waals surface area contributed by atoms with Crippen molar-refractivity contribution in [1.29, 1.82) is 0 Å². The first kappa shape index (κ1) is 13.4. The second-order valence-corrected chi connectivity index (χ2v) is 4.48. The van der Waals surface area contributed by atoms with Crippen molar-refractivity contribution in [3.63, 3.8) is 0 Å². The second-order valence-electron chi connectivity index (χ2n) is 4.48. The van der Waals surface area contributed by atoms with E-state index in [9.17, 15) is 4.39 Å². The lowest BCUT2D eigenvalue weighted by atomic mass is 10.1. The highest BCUT2D eigenvalue weighted by atomic mass is 19.1. The lowest BCUT2D eigenvalue weighted by molar-refractivity contribution is 0.628. The van der Waals surface area contributed by atoms with Crippen LogP contribution < -0.4 is 10.6 Å². The summed E-state index contributed by atoms with van der Waals surface area (Å²) >= 11 is 0. The van der Waals surface area contributed by atoms with Crippen LogP contribution in [-0.2, 0) is 0 Å². The van der Waals surface area contributed by atoms with Crippen LogP contribution in [0, 0.1) is 5.82 Å². The van der Waals surface area contributed by atoms with Gasteiger partial charge in [0.25, 0.3) is 0 Å². The molecule has 0 bridgehead atoms. The SMILES string of the molecule is CC(CN)N(C)c1ccc(-c2cccc(F)c2)nn1. The molecule has 0 aliphatic rings. The van der Waals surface area contributed by atoms with Gasteiger partial charge in [-0.25, -0.2) is 4.39 Å². The maximum absolute atomic E-state index is 13.1. The van der Waals surface area contributed by atoms with Gasteiger partial charge in [-0.3, -0.25) is 0 Å². The first-order valence-electron chi connectivity index (χ1n) is 6.14. The molecular formula is C14H17FN4. The van der Waals surface area contributed by atoms with Gasteiger partial charge in [0.05, 0.1) is 5.69 Å². The first-order valence-corrected chi connectivity index (χ1v) is 6.14. The quantitative estimate of drug-likeness (QED) is 0.914. The minimum absolute atomic E-state index is 0.189. The van der Waals surface area contributed by atoms with Crippen LogP contribution in [0.15, 0.2) is 36.4 Å². The largest absolute Gasteiger partial charge is 0.354 e. The second kappa shape index (κ2) is 5.75. The maximum atomic E-state index is 13.1. The smallest absolute Gasteiger partial charge is 0.151 e. The summed E-state index contributed by atoms with van der Waals surface area (Å²) in [6.07, 6.45) is 0. The zero-order valence-corrected chi connectivity index (χ0v) is 11.0. The molecule has 2 aromatic rings. The Labute approximate surface area is 112 Å². The summed E-state index contributed by atoms with van der Waals surface area (Å²) in [6, 6.07) is 10.2. The molecule has 0 aliphatic carbocycles. The Morgan fingerprint density at radius 3 is 2.63 bits per heavy atom. The normalized spacial score (nSPS) is 12.2. The minimum Gasteiger partial charge on any atom is -0.354 e. The van der Waals surface area contributed by atoms with Crippen LogP contribution in [0.25, 0.3) is 11.3 Å². The fourth-order valence-corrected chi connectivity index (χ4v) is 1.70. The minimum atomic E-state index is -0.280. The van der Waals surface area contributed by atoms with Crippen LogP contribution in [0.5, 0.6) is 0 Å². The number of hydrogen-bond donors (Lipinski definition) is 1. The highest BCUT2D eigenvalue weighted by Crippen LogP contribution is 2.19. The molecule has 4 nitrogen and oxygen atoms in total. The molecule has 1 aromatic heterocycles. The summed E-state index contributed by atoms with van der Waals surface area (Å²) in [6.45, 7) is 2.56. The van der Waals surface area contributed by atoms with E-state index in [2.05, 4.69) is 10.2 Å². The maximum Gasteiger partial charge on any atom is 0.151 e. The molecule has 19 heavy (non-hydrogen) atoms. The molecule has 1 heterocycles. The van der Waals surface area contributed by atoms with E-state index >= 15 is 0 Å². The van der Waals surface area contributed by atoms with Crippen molar-refractivity contribution in [3.8, 4) is 11.3 Å². The molecule has 0 saturated heterocycles. The van der Waals surface area contributed by atoms with E-state index in [0.717, 1.165) is 5.82 Å². The third-order valence-corrected chi connectivity index (χ3v) is 3.13. The average Bonchev–Trinajstić information content (AvgIpc) is 2.46. The van der Waals surface area contributed by atoms with Gasteiger partial charge in [0.2, 0.25) is 0 Å². The molecule has 0 spiro atoms. The van der Waals surface area contributed by atoms with Crippen LogP contribution in [0.1, 0.15) is 6.92 Å². The van der Waals surface area contributed by atoms with Gasteiger partial charge in [0.15, 0.2) is 5.82 Å². The fourth-order valence-electron chi connectivity index (χ4n) is 1.70. The predicted molar refractivity (Wildman–Crippen MR) is 74.3 cm³/mol. The van der Waals surface area contributed by atoms with E-state index in [1.807, 2.05) is 31.0 Å². The van der Waals surface area contributed by atoms with Crippen molar-refractivity contribution in [2.45, 2.75) is 13.0 Å². The molecule has 0 fully saturated rings. The van der Waals surface area contributed by atoms with E-state index in [1.165, 1.54) is 12.1 Å². The van der Waals surface area contributed by atoms with Crippen LogP contribution >= 0.6 is 0 Å². The van der Waals surface area contributed by atoms with Gasteiger partial charge in [-0.15, -0.1) is 10.2 Å². The standard InChI is InChI=1S/C14H17FN4/c1-10(9-16)19(2)14-7-6-13(17-18-14)11-4-3-5-12(15)8-11/h3-8,10H,9,16H2,1-2H3. The Kier molecular flexibility index (Phi) is 4.06. The number of rotatable bonds is 4. The van der Waals surface area contributed by atoms with E-state index in [0.29, 0.717) is 17.8 Å². The molecule has 100 valence electrons. The van der Waals surface area contributed by atoms with Gasteiger partial charge in [0, 0.05) is 25.2 Å². The van der Waals surface area contributed by atoms with E-state index < -0.39 is 0 Å². The van der Waals surface area contributed by atoms with Crippen LogP contribution in [0.2, 0.25) is 0 Å². The molecule has 0 radical (unpaired) electrons. The van der Waals surface area contributed by atoms with Crippen molar-refractivity contribution in [2.75, 3.05) is 18.5 Å². The van der Waals surface area contributed by atoms with Gasteiger partial charge in [-0.05, 0) is 31.2 Å². The van der Waals surface area contributed by atoms with E-state index in [-0.39, 0.29) is 11.9 Å². The molecule has 1 aromatic carbocycles. The molecule has 2 N–H and O–H groups in total. The molecule has 0 amide bonds. The lowest BCUT2D eigenvalue weighted by Gasteiger charge is -2.24. The van der Waals surface area contributed by atoms with E-state index in [4.69, 9.17) is 5.73 Å². The number of anilines is 1. The summed E-state index contributed by atoms with van der Waals surface area (Å²) in [4.78, 5) is 1.96. The van der Waals surface area contributed by atoms with Crippen LogP contribution in [0.3, 0.4) is 0 Å². The Morgan fingerprint density at radius 1 is 1.26 bits per heavy atom. The predicted octanol–water partition coefficient (Wildman–Crippen LogP) is 2.07. The number of likely N-dealkylation sites (N-methyl/N-ethyl adjacent to an activating group) is 1. The number of aromatic nitrogens is 2. The fraction of sp³-hybridized carbons (Fsp3) is 0.286. The number of hydrogen-bond acceptors (Lipinski definition) is 4. The van der Waals surface area contributed by atoms with Gasteiger partial charge >= 0.3 is 0 Å². The Bertz CT molecular complexity index is 541. The zero-order chi connectivity index (χ0) is 13.8. The molecule has 5 heteroatoms. The molecule has 0 aliphatic heterocycles. The summed E-state index contributed by atoms with van der Waals surface area (Å²) in [5.74, 6) is 0.468. The van der Waals surface area contributed by atoms with Crippen LogP contribution in [-0.4, -0.2) is 29.8 Å². The molecule has 2 rings (SSSR count). The molecule has 1 atom stereocenters. The number of nitrogens with zero attached hydrogens (tertiary/aromatic N) is 3. The summed E-state index contributed by atoms with van der Waals surface area (Å²) in [7, 11) is 1.92. The Hall–Kier alpha value is -2.01. The number of halogens is 1. The molecule has 0 saturated carbocycles. The van der Waals surface area contributed by atoms with Crippen molar-refractivity contribution < 1.29 is 4.39 Å². The van der Waals surface area contributed by atoms with Gasteiger partial charge in [-0.2, -0.15) is 0 Å². The van der Waals surface area contributed by atoms with Gasteiger partial charge in [0.1, 0.15) is 5.82 Å². The summed E-state index contributed by atoms with van der Waals surface area (Å²) in [5, 5.41) is 8.28. The van der Waals surface area contributed by atoms with Crippen molar-refractivity contribution >= 4 is 5.82 Å². The van der Waals surface area contributed by atoms with Crippen LogP contribution in [0.4, 0.5) is 10.2 Å². The summed E-state index contributed by atoms with van der Waals surface area (Å²) in [5.41, 5.74) is 6.98. The van der Waals surface area contributed by atoms with Crippen molar-refractivity contribution in [1.82, 2.24) is 10.2 Å². The summed E-state index contributed by atoms with van der Waals surface area (Å²) < 4.78 is 13.1. The highest BCUT2D eigenvalue weighted by molar-refractivity contribution is 5.59.